The van der Waals surface area contributed by atoms with Crippen LogP contribution in [0.5, 0.6) is 0 Å². The van der Waals surface area contributed by atoms with Crippen LogP contribution in [-0.4, -0.2) is 15.5 Å². The van der Waals surface area contributed by atoms with Gasteiger partial charge in [-0.2, -0.15) is 0 Å². The minimum Gasteiger partial charge on any atom is -0.321 e. The molecule has 1 atom stereocenters. The molecule has 0 aliphatic heterocycles. The Balaban J connectivity index is 2.17. The third kappa shape index (κ3) is 1.52. The molecule has 2 aromatic rings. The lowest BCUT2D eigenvalue weighted by Gasteiger charge is -2.03. The summed E-state index contributed by atoms with van der Waals surface area (Å²) in [7, 11) is 0. The van der Waals surface area contributed by atoms with Crippen molar-refractivity contribution in [1.29, 1.82) is 0 Å². The van der Waals surface area contributed by atoms with Gasteiger partial charge in [0.1, 0.15) is 6.04 Å². The molecule has 0 amide bonds. The summed E-state index contributed by atoms with van der Waals surface area (Å²) < 4.78 is 28.4. The standard InChI is InChI=1S/C10H6ClF2IN2/c11-5-1-8-7(2-6(5)14)15-4-16(8)9-3-10(9,12)13/h1-2,4,9H,3H2. The Labute approximate surface area is 109 Å². The molecule has 1 heterocycles. The third-order valence-corrected chi connectivity index (χ3v) is 4.27. The number of alkyl halides is 2. The molecule has 0 bridgehead atoms. The van der Waals surface area contributed by atoms with E-state index in [1.165, 1.54) is 10.9 Å². The predicted octanol–water partition coefficient (Wildman–Crippen LogP) is 3.87. The molecule has 1 aromatic heterocycles. The van der Waals surface area contributed by atoms with Gasteiger partial charge in [-0.25, -0.2) is 13.8 Å². The maximum Gasteiger partial charge on any atom is 0.270 e. The number of nitrogens with zero attached hydrogens (tertiary/aromatic N) is 2. The molecule has 0 radical (unpaired) electrons. The predicted molar refractivity (Wildman–Crippen MR) is 66.1 cm³/mol. The lowest BCUT2D eigenvalue weighted by Crippen LogP contribution is -2.00. The molecule has 3 rings (SSSR count). The minimum absolute atomic E-state index is 0.109. The van der Waals surface area contributed by atoms with Gasteiger partial charge in [0.15, 0.2) is 0 Å². The topological polar surface area (TPSA) is 17.8 Å². The van der Waals surface area contributed by atoms with Crippen molar-refractivity contribution in [1.82, 2.24) is 9.55 Å². The van der Waals surface area contributed by atoms with E-state index in [9.17, 15) is 8.78 Å². The van der Waals surface area contributed by atoms with Gasteiger partial charge < -0.3 is 4.57 Å². The SMILES string of the molecule is FC1(F)CC1n1cnc2cc(I)c(Cl)cc21. The van der Waals surface area contributed by atoms with E-state index in [-0.39, 0.29) is 6.42 Å². The van der Waals surface area contributed by atoms with E-state index in [1.807, 2.05) is 0 Å². The lowest BCUT2D eigenvalue weighted by molar-refractivity contribution is 0.101. The highest BCUT2D eigenvalue weighted by Gasteiger charge is 2.58. The van der Waals surface area contributed by atoms with Crippen LogP contribution in [-0.2, 0) is 0 Å². The molecular weight excluding hydrogens is 348 g/mol. The van der Waals surface area contributed by atoms with Crippen molar-refractivity contribution in [3.8, 4) is 0 Å². The molecule has 0 spiro atoms. The van der Waals surface area contributed by atoms with Crippen LogP contribution in [0.4, 0.5) is 8.78 Å². The average molecular weight is 355 g/mol. The maximum absolute atomic E-state index is 13.0. The zero-order valence-electron chi connectivity index (χ0n) is 7.92. The number of hydrogen-bond acceptors (Lipinski definition) is 1. The fourth-order valence-corrected chi connectivity index (χ4v) is 2.38. The van der Waals surface area contributed by atoms with Crippen molar-refractivity contribution in [2.75, 3.05) is 0 Å². The molecule has 1 aliphatic rings. The van der Waals surface area contributed by atoms with Crippen LogP contribution in [0.3, 0.4) is 0 Å². The van der Waals surface area contributed by atoms with E-state index in [0.29, 0.717) is 16.1 Å². The van der Waals surface area contributed by atoms with E-state index < -0.39 is 12.0 Å². The molecule has 84 valence electrons. The second-order valence-electron chi connectivity index (χ2n) is 3.89. The van der Waals surface area contributed by atoms with Gasteiger partial charge in [0, 0.05) is 9.99 Å². The highest BCUT2D eigenvalue weighted by Crippen LogP contribution is 2.53. The molecule has 1 fully saturated rings. The molecular formula is C10H6ClF2IN2. The summed E-state index contributed by atoms with van der Waals surface area (Å²) in [5, 5.41) is 0.568. The fourth-order valence-electron chi connectivity index (χ4n) is 1.77. The summed E-state index contributed by atoms with van der Waals surface area (Å²) in [5.74, 6) is -2.59. The second kappa shape index (κ2) is 3.29. The van der Waals surface area contributed by atoms with Crippen molar-refractivity contribution >= 4 is 45.2 Å². The van der Waals surface area contributed by atoms with Gasteiger partial charge in [-0.1, -0.05) is 11.6 Å². The van der Waals surface area contributed by atoms with E-state index in [1.54, 1.807) is 12.1 Å². The largest absolute Gasteiger partial charge is 0.321 e. The highest BCUT2D eigenvalue weighted by atomic mass is 127. The van der Waals surface area contributed by atoms with Gasteiger partial charge in [0.25, 0.3) is 5.92 Å². The van der Waals surface area contributed by atoms with Gasteiger partial charge in [-0.3, -0.25) is 0 Å². The van der Waals surface area contributed by atoms with Gasteiger partial charge in [0.05, 0.1) is 22.4 Å². The Morgan fingerprint density at radius 3 is 2.81 bits per heavy atom. The zero-order valence-corrected chi connectivity index (χ0v) is 10.8. The van der Waals surface area contributed by atoms with E-state index >= 15 is 0 Å². The summed E-state index contributed by atoms with van der Waals surface area (Å²) in [4.78, 5) is 4.11. The van der Waals surface area contributed by atoms with Crippen LogP contribution >= 0.6 is 34.2 Å². The molecule has 0 saturated heterocycles. The normalized spacial score (nSPS) is 22.6. The molecule has 16 heavy (non-hydrogen) atoms. The van der Waals surface area contributed by atoms with E-state index in [0.717, 1.165) is 3.57 Å². The first kappa shape index (κ1) is 10.7. The molecule has 1 saturated carbocycles. The van der Waals surface area contributed by atoms with Crippen LogP contribution in [0.15, 0.2) is 18.5 Å². The molecule has 0 N–H and O–H groups in total. The van der Waals surface area contributed by atoms with E-state index in [2.05, 4.69) is 27.6 Å². The molecule has 6 heteroatoms. The summed E-state index contributed by atoms with van der Waals surface area (Å²) in [5.41, 5.74) is 1.38. The van der Waals surface area contributed by atoms with Crippen LogP contribution in [0.2, 0.25) is 5.02 Å². The minimum atomic E-state index is -2.59. The van der Waals surface area contributed by atoms with Crippen LogP contribution in [0.25, 0.3) is 11.0 Å². The first-order valence-electron chi connectivity index (χ1n) is 4.68. The Morgan fingerprint density at radius 1 is 1.50 bits per heavy atom. The monoisotopic (exact) mass is 354 g/mol. The Hall–Kier alpha value is -0.430. The number of rotatable bonds is 1. The Bertz CT molecular complexity index is 581. The average Bonchev–Trinajstić information content (AvgIpc) is 2.66. The number of benzene rings is 1. The summed E-state index contributed by atoms with van der Waals surface area (Å²) in [6.07, 6.45) is 1.35. The van der Waals surface area contributed by atoms with Gasteiger partial charge in [-0.05, 0) is 34.7 Å². The van der Waals surface area contributed by atoms with Crippen molar-refractivity contribution in [2.24, 2.45) is 0 Å². The number of hydrogen-bond donors (Lipinski definition) is 0. The lowest BCUT2D eigenvalue weighted by atomic mass is 10.3. The van der Waals surface area contributed by atoms with Crippen molar-refractivity contribution in [2.45, 2.75) is 18.4 Å². The fraction of sp³-hybridized carbons (Fsp3) is 0.300. The number of fused-ring (bicyclic) bond motifs is 1. The van der Waals surface area contributed by atoms with Crippen LogP contribution < -0.4 is 0 Å². The van der Waals surface area contributed by atoms with Gasteiger partial charge >= 0.3 is 0 Å². The first-order valence-corrected chi connectivity index (χ1v) is 6.14. The Kier molecular flexibility index (Phi) is 2.20. The summed E-state index contributed by atoms with van der Waals surface area (Å²) in [6, 6.07) is 2.74. The van der Waals surface area contributed by atoms with Gasteiger partial charge in [0.2, 0.25) is 0 Å². The van der Waals surface area contributed by atoms with Crippen LogP contribution in [0.1, 0.15) is 12.5 Å². The molecule has 1 aliphatic carbocycles. The van der Waals surface area contributed by atoms with Crippen molar-refractivity contribution < 1.29 is 8.78 Å². The number of imidazole rings is 1. The molecule has 2 nitrogen and oxygen atoms in total. The van der Waals surface area contributed by atoms with Crippen molar-refractivity contribution in [3.63, 3.8) is 0 Å². The zero-order chi connectivity index (χ0) is 11.5. The second-order valence-corrected chi connectivity index (χ2v) is 5.46. The van der Waals surface area contributed by atoms with Crippen molar-refractivity contribution in [3.05, 3.63) is 27.1 Å². The molecule has 1 aromatic carbocycles. The Morgan fingerprint density at radius 2 is 2.19 bits per heavy atom. The summed E-state index contributed by atoms with van der Waals surface area (Å²) >= 11 is 8.07. The first-order chi connectivity index (χ1) is 7.49. The maximum atomic E-state index is 13.0. The van der Waals surface area contributed by atoms with Gasteiger partial charge in [-0.15, -0.1) is 0 Å². The number of halogens is 4. The summed E-state index contributed by atoms with van der Waals surface area (Å²) in [6.45, 7) is 0. The highest BCUT2D eigenvalue weighted by molar-refractivity contribution is 14.1. The number of aromatic nitrogens is 2. The quantitative estimate of drug-likeness (QED) is 0.711. The van der Waals surface area contributed by atoms with E-state index in [4.69, 9.17) is 11.6 Å². The third-order valence-electron chi connectivity index (χ3n) is 2.75. The molecule has 1 unspecified atom stereocenters. The smallest absolute Gasteiger partial charge is 0.270 e. The van der Waals surface area contributed by atoms with Crippen LogP contribution in [0, 0.1) is 3.57 Å².